The third-order valence-corrected chi connectivity index (χ3v) is 1.51. The lowest BCUT2D eigenvalue weighted by Gasteiger charge is -2.34. The Balaban J connectivity index is 5.38. The zero-order valence-corrected chi connectivity index (χ0v) is 6.89. The lowest BCUT2D eigenvalue weighted by Crippen LogP contribution is -2.62. The first-order chi connectivity index (χ1) is 6.31. The standard InChI is InChI=1S/C6H5F8O/c1-3(7,8)5(11,12)6(13,14)4(9,10)2-15/h15H,1-2H2. The SMILES string of the molecule is [CH2]C(F)(F)C(F)(F)C(F)(F)C(F)(F)CO. The lowest BCUT2D eigenvalue weighted by molar-refractivity contribution is -0.360. The molecule has 0 heterocycles. The Kier molecular flexibility index (Phi) is 3.32. The van der Waals surface area contributed by atoms with Crippen LogP contribution in [0.3, 0.4) is 0 Å². The van der Waals surface area contributed by atoms with Gasteiger partial charge in [0.05, 0.1) is 0 Å². The van der Waals surface area contributed by atoms with Gasteiger partial charge in [0.15, 0.2) is 0 Å². The van der Waals surface area contributed by atoms with Gasteiger partial charge in [0.1, 0.15) is 6.61 Å². The smallest absolute Gasteiger partial charge is 0.380 e. The van der Waals surface area contributed by atoms with Gasteiger partial charge in [0.25, 0.3) is 0 Å². The highest BCUT2D eigenvalue weighted by Crippen LogP contribution is 2.51. The minimum Gasteiger partial charge on any atom is -0.390 e. The molecule has 0 amide bonds. The first-order valence-electron chi connectivity index (χ1n) is 3.29. The van der Waals surface area contributed by atoms with Gasteiger partial charge in [0.2, 0.25) is 0 Å². The highest BCUT2D eigenvalue weighted by atomic mass is 19.4. The van der Waals surface area contributed by atoms with E-state index in [4.69, 9.17) is 5.11 Å². The minimum atomic E-state index is -6.40. The first kappa shape index (κ1) is 14.4. The van der Waals surface area contributed by atoms with Crippen molar-refractivity contribution < 1.29 is 40.2 Å². The fraction of sp³-hybridized carbons (Fsp3) is 0.833. The molecule has 0 aromatic heterocycles. The van der Waals surface area contributed by atoms with Crippen molar-refractivity contribution in [1.29, 1.82) is 0 Å². The number of rotatable bonds is 4. The van der Waals surface area contributed by atoms with Gasteiger partial charge >= 0.3 is 23.7 Å². The molecule has 0 fully saturated rings. The van der Waals surface area contributed by atoms with E-state index < -0.39 is 30.3 Å². The van der Waals surface area contributed by atoms with E-state index in [1.54, 1.807) is 0 Å². The second-order valence-electron chi connectivity index (χ2n) is 2.72. The van der Waals surface area contributed by atoms with E-state index in [2.05, 4.69) is 0 Å². The summed E-state index contributed by atoms with van der Waals surface area (Å²) in [6, 6.07) is 0. The summed E-state index contributed by atoms with van der Waals surface area (Å²) in [5.41, 5.74) is 0. The van der Waals surface area contributed by atoms with Crippen LogP contribution >= 0.6 is 0 Å². The van der Waals surface area contributed by atoms with Crippen LogP contribution in [0.15, 0.2) is 0 Å². The first-order valence-corrected chi connectivity index (χ1v) is 3.29. The summed E-state index contributed by atoms with van der Waals surface area (Å²) < 4.78 is 97.1. The molecule has 0 atom stereocenters. The molecule has 0 rings (SSSR count). The van der Waals surface area contributed by atoms with Gasteiger partial charge in [-0.25, -0.2) is 0 Å². The Morgan fingerprint density at radius 2 is 1.13 bits per heavy atom. The van der Waals surface area contributed by atoms with Crippen LogP contribution < -0.4 is 0 Å². The molecule has 0 bridgehead atoms. The van der Waals surface area contributed by atoms with Crippen molar-refractivity contribution in [2.75, 3.05) is 6.61 Å². The summed E-state index contributed by atoms with van der Waals surface area (Å²) >= 11 is 0. The van der Waals surface area contributed by atoms with Gasteiger partial charge in [0, 0.05) is 6.92 Å². The Bertz CT molecular complexity index is 230. The molecule has 0 aromatic rings. The highest BCUT2D eigenvalue weighted by molar-refractivity contribution is 5.04. The van der Waals surface area contributed by atoms with Gasteiger partial charge in [-0.15, -0.1) is 0 Å². The lowest BCUT2D eigenvalue weighted by atomic mass is 10.0. The highest BCUT2D eigenvalue weighted by Gasteiger charge is 2.78. The molecule has 0 spiro atoms. The molecule has 1 N–H and O–H groups in total. The maximum atomic E-state index is 12.3. The van der Waals surface area contributed by atoms with E-state index in [0.29, 0.717) is 0 Å². The van der Waals surface area contributed by atoms with Gasteiger partial charge in [-0.05, 0) is 0 Å². The van der Waals surface area contributed by atoms with Gasteiger partial charge in [-0.2, -0.15) is 35.1 Å². The average Bonchev–Trinajstić information content (AvgIpc) is 2.01. The molecular weight excluding hydrogens is 240 g/mol. The van der Waals surface area contributed by atoms with Crippen LogP contribution in [0.4, 0.5) is 35.1 Å². The molecular formula is C6H5F8O. The number of hydrogen-bond donors (Lipinski definition) is 1. The predicted molar refractivity (Wildman–Crippen MR) is 32.2 cm³/mol. The fourth-order valence-electron chi connectivity index (χ4n) is 0.559. The fourth-order valence-corrected chi connectivity index (χ4v) is 0.559. The normalized spacial score (nSPS) is 15.6. The van der Waals surface area contributed by atoms with Gasteiger partial charge in [-0.1, -0.05) is 0 Å². The summed E-state index contributed by atoms with van der Waals surface area (Å²) in [4.78, 5) is 0. The van der Waals surface area contributed by atoms with E-state index in [-0.39, 0.29) is 0 Å². The number of alkyl halides is 8. The van der Waals surface area contributed by atoms with Gasteiger partial charge < -0.3 is 5.11 Å². The van der Waals surface area contributed by atoms with Gasteiger partial charge in [-0.3, -0.25) is 0 Å². The monoisotopic (exact) mass is 245 g/mol. The molecule has 0 aliphatic rings. The number of aliphatic hydroxyl groups excluding tert-OH is 1. The molecule has 1 radical (unpaired) electrons. The second kappa shape index (κ2) is 3.46. The van der Waals surface area contributed by atoms with Crippen molar-refractivity contribution >= 4 is 0 Å². The van der Waals surface area contributed by atoms with Crippen LogP contribution in [0.2, 0.25) is 0 Å². The van der Waals surface area contributed by atoms with Crippen LogP contribution in [-0.2, 0) is 0 Å². The topological polar surface area (TPSA) is 20.2 Å². The quantitative estimate of drug-likeness (QED) is 0.754. The Labute approximate surface area is 78.7 Å². The molecule has 1 nitrogen and oxygen atoms in total. The molecule has 91 valence electrons. The molecule has 0 unspecified atom stereocenters. The number of halogens is 8. The van der Waals surface area contributed by atoms with Crippen LogP contribution in [0.5, 0.6) is 0 Å². The summed E-state index contributed by atoms with van der Waals surface area (Å²) in [7, 11) is 0. The van der Waals surface area contributed by atoms with Crippen molar-refractivity contribution in [3.8, 4) is 0 Å². The van der Waals surface area contributed by atoms with Crippen LogP contribution in [-0.4, -0.2) is 35.4 Å². The van der Waals surface area contributed by atoms with Crippen molar-refractivity contribution in [3.63, 3.8) is 0 Å². The second-order valence-corrected chi connectivity index (χ2v) is 2.72. The summed E-state index contributed by atoms with van der Waals surface area (Å²) in [6.45, 7) is -1.31. The van der Waals surface area contributed by atoms with Crippen LogP contribution in [0.1, 0.15) is 0 Å². The van der Waals surface area contributed by atoms with Crippen LogP contribution in [0, 0.1) is 6.92 Å². The molecule has 0 aliphatic carbocycles. The molecule has 0 saturated carbocycles. The van der Waals surface area contributed by atoms with Crippen LogP contribution in [0.25, 0.3) is 0 Å². The Morgan fingerprint density at radius 3 is 1.33 bits per heavy atom. The number of aliphatic hydroxyl groups is 1. The zero-order valence-electron chi connectivity index (χ0n) is 6.89. The maximum absolute atomic E-state index is 12.3. The molecule has 9 heteroatoms. The summed E-state index contributed by atoms with van der Waals surface area (Å²) in [5.74, 6) is -24.0. The molecule has 0 aromatic carbocycles. The molecule has 15 heavy (non-hydrogen) atoms. The number of hydrogen-bond acceptors (Lipinski definition) is 1. The minimum absolute atomic E-state index is 1.38. The van der Waals surface area contributed by atoms with Crippen molar-refractivity contribution in [3.05, 3.63) is 6.92 Å². The Hall–Kier alpha value is -0.600. The summed E-state index contributed by atoms with van der Waals surface area (Å²) in [6.07, 6.45) is 0. The largest absolute Gasteiger partial charge is 0.390 e. The molecule has 0 saturated heterocycles. The predicted octanol–water partition coefficient (Wildman–Crippen LogP) is 2.35. The van der Waals surface area contributed by atoms with Crippen molar-refractivity contribution in [2.24, 2.45) is 0 Å². The Morgan fingerprint density at radius 1 is 0.800 bits per heavy atom. The van der Waals surface area contributed by atoms with E-state index in [1.165, 1.54) is 6.92 Å². The average molecular weight is 245 g/mol. The van der Waals surface area contributed by atoms with E-state index in [1.807, 2.05) is 0 Å². The van der Waals surface area contributed by atoms with E-state index >= 15 is 0 Å². The van der Waals surface area contributed by atoms with Crippen molar-refractivity contribution in [2.45, 2.75) is 23.7 Å². The van der Waals surface area contributed by atoms with E-state index in [9.17, 15) is 35.1 Å². The summed E-state index contributed by atoms with van der Waals surface area (Å²) in [5, 5.41) is 7.73. The molecule has 0 aliphatic heterocycles. The third kappa shape index (κ3) is 2.01. The zero-order chi connectivity index (χ0) is 12.7. The maximum Gasteiger partial charge on any atom is 0.380 e. The third-order valence-electron chi connectivity index (χ3n) is 1.51. The van der Waals surface area contributed by atoms with E-state index in [0.717, 1.165) is 0 Å². The van der Waals surface area contributed by atoms with Crippen molar-refractivity contribution in [1.82, 2.24) is 0 Å².